The van der Waals surface area contributed by atoms with E-state index in [-0.39, 0.29) is 24.4 Å². The van der Waals surface area contributed by atoms with E-state index in [9.17, 15) is 9.59 Å². The average molecular weight is 348 g/mol. The Morgan fingerprint density at radius 1 is 1.08 bits per heavy atom. The number of ether oxygens (including phenoxy) is 2. The Kier molecular flexibility index (Phi) is 8.70. The number of hydrogen-bond donors (Lipinski definition) is 1. The van der Waals surface area contributed by atoms with E-state index in [0.29, 0.717) is 18.6 Å². The zero-order valence-electron chi connectivity index (χ0n) is 14.1. The van der Waals surface area contributed by atoms with Crippen molar-refractivity contribution >= 4 is 30.6 Å². The summed E-state index contributed by atoms with van der Waals surface area (Å²) >= 11 is 0. The molecule has 1 unspecified atom stereocenters. The third-order valence-electron chi connectivity index (χ3n) is 3.62. The van der Waals surface area contributed by atoms with Crippen LogP contribution in [0.15, 0.2) is 66.4 Å². The van der Waals surface area contributed by atoms with Crippen molar-refractivity contribution in [3.05, 3.63) is 77.6 Å². The summed E-state index contributed by atoms with van der Waals surface area (Å²) in [6.45, 7) is 3.47. The Balaban J connectivity index is 0.00000338. The first-order valence-electron chi connectivity index (χ1n) is 7.84. The number of ketones is 1. The average Bonchev–Trinajstić information content (AvgIpc) is 2.66. The zero-order valence-corrected chi connectivity index (χ0v) is 14.1. The fourth-order valence-corrected chi connectivity index (χ4v) is 2.08. The first kappa shape index (κ1) is 21.6. The zero-order chi connectivity index (χ0) is 18.2. The van der Waals surface area contributed by atoms with Crippen LogP contribution < -0.4 is 4.74 Å². The Hall–Kier alpha value is -2.48. The van der Waals surface area contributed by atoms with E-state index >= 15 is 0 Å². The molecule has 0 fully saturated rings. The third-order valence-corrected chi connectivity index (χ3v) is 3.62. The van der Waals surface area contributed by atoms with Gasteiger partial charge in [0.05, 0.1) is 6.26 Å². The van der Waals surface area contributed by atoms with Gasteiger partial charge in [-0.15, -0.1) is 0 Å². The third kappa shape index (κ3) is 6.11. The second kappa shape index (κ2) is 10.5. The number of carbonyl (C=O) groups excluding carboxylic acids is 2. The van der Waals surface area contributed by atoms with Crippen molar-refractivity contribution in [3.8, 4) is 5.75 Å². The Morgan fingerprint density at radius 3 is 2.27 bits per heavy atom. The number of hydrogen-bond acceptors (Lipinski definition) is 5. The van der Waals surface area contributed by atoms with Crippen molar-refractivity contribution in [1.82, 2.24) is 0 Å². The molecule has 0 saturated carbocycles. The first-order valence-corrected chi connectivity index (χ1v) is 7.84. The monoisotopic (exact) mass is 348 g/mol. The molecule has 0 bridgehead atoms. The van der Waals surface area contributed by atoms with Crippen LogP contribution in [-0.2, 0) is 20.9 Å². The number of carbonyl (C=O) groups is 2. The minimum atomic E-state index is -1.00. The van der Waals surface area contributed by atoms with Gasteiger partial charge in [-0.05, 0) is 37.1 Å². The topological polar surface area (TPSA) is 72.8 Å². The number of benzene rings is 2. The molecule has 1 atom stereocenters. The molecule has 0 aliphatic carbocycles. The van der Waals surface area contributed by atoms with Gasteiger partial charge in [0.15, 0.2) is 0 Å². The fourth-order valence-electron chi connectivity index (χ4n) is 2.08. The van der Waals surface area contributed by atoms with E-state index in [1.807, 2.05) is 30.3 Å². The molecule has 132 valence electrons. The number of esters is 1. The van der Waals surface area contributed by atoms with Gasteiger partial charge in [0.25, 0.3) is 5.78 Å². The van der Waals surface area contributed by atoms with Gasteiger partial charge in [0, 0.05) is 5.57 Å². The van der Waals surface area contributed by atoms with E-state index in [4.69, 9.17) is 14.6 Å². The predicted octanol–water partition coefficient (Wildman–Crippen LogP) is 3.25. The first-order chi connectivity index (χ1) is 12.0. The van der Waals surface area contributed by atoms with Crippen molar-refractivity contribution in [1.29, 1.82) is 0 Å². The Bertz CT molecular complexity index is 754. The minimum absolute atomic E-state index is 0. The summed E-state index contributed by atoms with van der Waals surface area (Å²) in [6, 6.07) is 16.9. The Morgan fingerprint density at radius 2 is 1.69 bits per heavy atom. The molecule has 2 aromatic rings. The maximum absolute atomic E-state index is 11.7. The molecule has 6 heteroatoms. The standard InChI is InChI=1S/C20H20O5.Li.H/c1-14(12-21)19(22)20(23)25-15(2)17-8-10-18(11-9-17)24-13-16-6-4-3-5-7-16;;/h3-12,15,21H,13H2,1-2H3;;. The summed E-state index contributed by atoms with van der Waals surface area (Å²) in [6.07, 6.45) is -0.00115. The Labute approximate surface area is 164 Å². The number of Topliss-reactive ketones (excluding diaryl/α,β-unsaturated/α-hetero) is 1. The molecule has 2 aromatic carbocycles. The van der Waals surface area contributed by atoms with Crippen LogP contribution in [0, 0.1) is 0 Å². The summed E-state index contributed by atoms with van der Waals surface area (Å²) in [5, 5.41) is 8.76. The molecule has 0 saturated heterocycles. The van der Waals surface area contributed by atoms with E-state index < -0.39 is 17.9 Å². The number of aliphatic hydroxyl groups excluding tert-OH is 1. The predicted molar refractivity (Wildman–Crippen MR) is 100 cm³/mol. The summed E-state index contributed by atoms with van der Waals surface area (Å²) in [4.78, 5) is 23.3. The van der Waals surface area contributed by atoms with Gasteiger partial charge in [-0.25, -0.2) is 4.79 Å². The molecular weight excluding hydrogens is 327 g/mol. The molecule has 1 N–H and O–H groups in total. The summed E-state index contributed by atoms with van der Waals surface area (Å²) in [7, 11) is 0. The second-order valence-corrected chi connectivity index (χ2v) is 5.53. The van der Waals surface area contributed by atoms with E-state index in [2.05, 4.69) is 0 Å². The van der Waals surface area contributed by atoms with Crippen LogP contribution in [0.2, 0.25) is 0 Å². The molecule has 0 radical (unpaired) electrons. The van der Waals surface area contributed by atoms with Crippen molar-refractivity contribution in [3.63, 3.8) is 0 Å². The normalized spacial score (nSPS) is 11.8. The van der Waals surface area contributed by atoms with Crippen LogP contribution in [0.3, 0.4) is 0 Å². The molecule has 0 aromatic heterocycles. The van der Waals surface area contributed by atoms with Crippen LogP contribution in [0.5, 0.6) is 5.75 Å². The SMILES string of the molecule is CC(=CO)C(=O)C(=O)OC(C)c1ccc(OCc2ccccc2)cc1.[LiH]. The van der Waals surface area contributed by atoms with Gasteiger partial charge in [0.1, 0.15) is 18.5 Å². The van der Waals surface area contributed by atoms with Crippen molar-refractivity contribution in [2.24, 2.45) is 0 Å². The molecule has 26 heavy (non-hydrogen) atoms. The second-order valence-electron chi connectivity index (χ2n) is 5.53. The molecule has 2 rings (SSSR count). The summed E-state index contributed by atoms with van der Waals surface area (Å²) in [5.41, 5.74) is 1.74. The molecule has 0 heterocycles. The fraction of sp³-hybridized carbons (Fsp3) is 0.200. The molecule has 0 spiro atoms. The van der Waals surface area contributed by atoms with Gasteiger partial charge in [0.2, 0.25) is 0 Å². The van der Waals surface area contributed by atoms with Crippen LogP contribution in [0.25, 0.3) is 0 Å². The molecule has 0 aliphatic heterocycles. The summed E-state index contributed by atoms with van der Waals surface area (Å²) < 4.78 is 10.8. The van der Waals surface area contributed by atoms with E-state index in [1.54, 1.807) is 31.2 Å². The number of aliphatic hydroxyl groups is 1. The van der Waals surface area contributed by atoms with Crippen molar-refractivity contribution in [2.45, 2.75) is 26.6 Å². The van der Waals surface area contributed by atoms with Crippen LogP contribution in [0.1, 0.15) is 31.1 Å². The van der Waals surface area contributed by atoms with Gasteiger partial charge in [-0.2, -0.15) is 0 Å². The van der Waals surface area contributed by atoms with E-state index in [1.165, 1.54) is 6.92 Å². The van der Waals surface area contributed by atoms with Crippen LogP contribution in [0.4, 0.5) is 0 Å². The quantitative estimate of drug-likeness (QED) is 0.273. The molecular formula is C20H21LiO5. The number of rotatable bonds is 7. The van der Waals surface area contributed by atoms with Gasteiger partial charge in [-0.3, -0.25) is 4.79 Å². The van der Waals surface area contributed by atoms with Gasteiger partial charge in [-0.1, -0.05) is 42.5 Å². The molecule has 5 nitrogen and oxygen atoms in total. The van der Waals surface area contributed by atoms with Crippen molar-refractivity contribution in [2.75, 3.05) is 0 Å². The molecule has 0 aliphatic rings. The summed E-state index contributed by atoms with van der Waals surface area (Å²) in [5.74, 6) is -1.17. The van der Waals surface area contributed by atoms with Crippen molar-refractivity contribution < 1.29 is 24.2 Å². The van der Waals surface area contributed by atoms with Gasteiger partial charge >= 0.3 is 24.8 Å². The van der Waals surface area contributed by atoms with E-state index in [0.717, 1.165) is 11.1 Å². The van der Waals surface area contributed by atoms with Crippen LogP contribution in [-0.4, -0.2) is 35.7 Å². The maximum atomic E-state index is 11.7. The van der Waals surface area contributed by atoms with Crippen LogP contribution >= 0.6 is 0 Å². The van der Waals surface area contributed by atoms with Gasteiger partial charge < -0.3 is 14.6 Å². The molecule has 0 amide bonds.